The Morgan fingerprint density at radius 3 is 2.88 bits per heavy atom. The van der Waals surface area contributed by atoms with Crippen LogP contribution in [0.25, 0.3) is 0 Å². The molecule has 0 radical (unpaired) electrons. The molecule has 0 saturated carbocycles. The van der Waals surface area contributed by atoms with Crippen LogP contribution in [0, 0.1) is 17.2 Å². The molecule has 3 fully saturated rings. The first-order valence-electron chi connectivity index (χ1n) is 8.12. The summed E-state index contributed by atoms with van der Waals surface area (Å²) in [4.78, 5) is 34.4. The Bertz CT molecular complexity index is 696. The van der Waals surface area contributed by atoms with Crippen molar-refractivity contribution in [2.75, 3.05) is 38.6 Å². The highest BCUT2D eigenvalue weighted by Gasteiger charge is 2.41. The number of nitrogens with zero attached hydrogens (tertiary/aromatic N) is 5. The van der Waals surface area contributed by atoms with Crippen molar-refractivity contribution in [3.05, 3.63) is 23.9 Å². The molecule has 2 amide bonds. The van der Waals surface area contributed by atoms with Crippen molar-refractivity contribution in [1.29, 1.82) is 5.26 Å². The van der Waals surface area contributed by atoms with Gasteiger partial charge in [0.05, 0.1) is 5.92 Å². The molecular weight excluding hydrogens is 306 g/mol. The average Bonchev–Trinajstić information content (AvgIpc) is 2.87. The van der Waals surface area contributed by atoms with E-state index in [0.717, 1.165) is 18.7 Å². The van der Waals surface area contributed by atoms with Crippen molar-refractivity contribution < 1.29 is 9.59 Å². The molecule has 4 rings (SSSR count). The van der Waals surface area contributed by atoms with Gasteiger partial charge in [-0.25, -0.2) is 4.98 Å². The van der Waals surface area contributed by atoms with Crippen LogP contribution in [0.1, 0.15) is 18.5 Å². The van der Waals surface area contributed by atoms with Crippen molar-refractivity contribution in [2.45, 2.75) is 18.9 Å². The van der Waals surface area contributed by atoms with Gasteiger partial charge in [-0.3, -0.25) is 9.59 Å². The summed E-state index contributed by atoms with van der Waals surface area (Å²) in [6.07, 6.45) is 1.73. The fourth-order valence-electron chi connectivity index (χ4n) is 3.38. The number of piperidine rings is 1. The number of hydrogen-bond donors (Lipinski definition) is 0. The van der Waals surface area contributed by atoms with E-state index in [2.05, 4.69) is 16.0 Å². The van der Waals surface area contributed by atoms with Gasteiger partial charge in [-0.2, -0.15) is 5.26 Å². The summed E-state index contributed by atoms with van der Waals surface area (Å²) in [5, 5.41) is 9.03. The third-order valence-corrected chi connectivity index (χ3v) is 4.77. The molecule has 1 aromatic heterocycles. The second-order valence-electron chi connectivity index (χ2n) is 6.58. The molecule has 2 atom stereocenters. The number of pyridine rings is 1. The number of hydrogen-bond acceptors (Lipinski definition) is 5. The number of amides is 2. The van der Waals surface area contributed by atoms with E-state index in [9.17, 15) is 9.59 Å². The number of rotatable bonds is 3. The van der Waals surface area contributed by atoms with Gasteiger partial charge in [0.15, 0.2) is 0 Å². The first kappa shape index (κ1) is 16.2. The summed E-state index contributed by atoms with van der Waals surface area (Å²) in [6.45, 7) is 1.36. The van der Waals surface area contributed by atoms with Gasteiger partial charge in [0.1, 0.15) is 24.1 Å². The summed E-state index contributed by atoms with van der Waals surface area (Å²) >= 11 is 0. The van der Waals surface area contributed by atoms with Gasteiger partial charge < -0.3 is 14.7 Å². The lowest BCUT2D eigenvalue weighted by atomic mass is 9.94. The number of nitriles is 1. The number of likely N-dealkylation sites (N-methyl/N-ethyl adjacent to an activating group) is 1. The number of fused-ring (bicyclic) bond motifs is 4. The number of carbonyl (C=O) groups excluding carboxylic acids is 2. The molecule has 0 unspecified atom stereocenters. The SMILES string of the molecule is CN(C)C(=O)CN1C(=O)[C@@H]2CC[C@H]1CN(c1cccc(C#N)n1)C2. The Kier molecular flexibility index (Phi) is 4.38. The summed E-state index contributed by atoms with van der Waals surface area (Å²) in [5.41, 5.74) is 0.370. The summed E-state index contributed by atoms with van der Waals surface area (Å²) in [5.74, 6) is 0.596. The Labute approximate surface area is 141 Å². The van der Waals surface area contributed by atoms with Gasteiger partial charge in [0.25, 0.3) is 0 Å². The van der Waals surface area contributed by atoms with Crippen molar-refractivity contribution in [3.63, 3.8) is 0 Å². The molecule has 3 aliphatic rings. The van der Waals surface area contributed by atoms with Crippen LogP contribution in [-0.2, 0) is 9.59 Å². The standard InChI is InChI=1S/C17H21N5O2/c1-20(2)16(23)11-22-14-7-6-12(17(22)24)9-21(10-14)15-5-3-4-13(8-18)19-15/h3-5,12,14H,6-7,9-11H2,1-2H3/t12-,14+/m1/s1. The zero-order chi connectivity index (χ0) is 17.3. The van der Waals surface area contributed by atoms with Crippen LogP contribution in [0.5, 0.6) is 0 Å². The third-order valence-electron chi connectivity index (χ3n) is 4.77. The lowest BCUT2D eigenvalue weighted by molar-refractivity contribution is -0.145. The van der Waals surface area contributed by atoms with Gasteiger partial charge >= 0.3 is 0 Å². The fourth-order valence-corrected chi connectivity index (χ4v) is 3.38. The zero-order valence-electron chi connectivity index (χ0n) is 14.0. The summed E-state index contributed by atoms with van der Waals surface area (Å²) < 4.78 is 0. The van der Waals surface area contributed by atoms with E-state index in [1.54, 1.807) is 25.1 Å². The highest BCUT2D eigenvalue weighted by molar-refractivity contribution is 5.87. The maximum atomic E-state index is 12.7. The Balaban J connectivity index is 1.83. The van der Waals surface area contributed by atoms with Crippen molar-refractivity contribution >= 4 is 17.6 Å². The van der Waals surface area contributed by atoms with E-state index in [0.29, 0.717) is 18.8 Å². The average molecular weight is 327 g/mol. The summed E-state index contributed by atoms with van der Waals surface area (Å²) in [7, 11) is 3.40. The molecule has 0 aliphatic carbocycles. The molecule has 7 nitrogen and oxygen atoms in total. The van der Waals surface area contributed by atoms with Gasteiger partial charge in [0.2, 0.25) is 11.8 Å². The van der Waals surface area contributed by atoms with Crippen LogP contribution < -0.4 is 4.90 Å². The highest BCUT2D eigenvalue weighted by Crippen LogP contribution is 2.31. The third kappa shape index (κ3) is 3.04. The van der Waals surface area contributed by atoms with Crippen LogP contribution in [-0.4, -0.2) is 66.4 Å². The highest BCUT2D eigenvalue weighted by atomic mass is 16.2. The Morgan fingerprint density at radius 2 is 2.17 bits per heavy atom. The molecule has 3 aliphatic heterocycles. The van der Waals surface area contributed by atoms with E-state index in [4.69, 9.17) is 5.26 Å². The Morgan fingerprint density at radius 1 is 1.38 bits per heavy atom. The predicted octanol–water partition coefficient (Wildman–Crippen LogP) is 0.469. The van der Waals surface area contributed by atoms with Gasteiger partial charge in [-0.05, 0) is 25.0 Å². The monoisotopic (exact) mass is 327 g/mol. The molecule has 0 aromatic carbocycles. The minimum absolute atomic E-state index is 0.00712. The first-order chi connectivity index (χ1) is 11.5. The maximum Gasteiger partial charge on any atom is 0.241 e. The predicted molar refractivity (Wildman–Crippen MR) is 88.1 cm³/mol. The zero-order valence-corrected chi connectivity index (χ0v) is 14.0. The van der Waals surface area contributed by atoms with Crippen LogP contribution in [0.4, 0.5) is 5.82 Å². The molecule has 0 spiro atoms. The minimum atomic E-state index is -0.119. The maximum absolute atomic E-state index is 12.7. The van der Waals surface area contributed by atoms with Gasteiger partial charge in [-0.15, -0.1) is 0 Å². The minimum Gasteiger partial charge on any atom is -0.354 e. The van der Waals surface area contributed by atoms with E-state index < -0.39 is 0 Å². The van der Waals surface area contributed by atoms with Crippen LogP contribution >= 0.6 is 0 Å². The van der Waals surface area contributed by atoms with Crippen molar-refractivity contribution in [2.24, 2.45) is 5.92 Å². The number of anilines is 1. The smallest absolute Gasteiger partial charge is 0.241 e. The largest absolute Gasteiger partial charge is 0.354 e. The molecule has 7 heteroatoms. The molecule has 3 saturated heterocycles. The Hall–Kier alpha value is -2.62. The second-order valence-corrected chi connectivity index (χ2v) is 6.58. The lowest BCUT2D eigenvalue weighted by Crippen LogP contribution is -2.51. The molecular formula is C17H21N5O2. The molecule has 4 heterocycles. The van der Waals surface area contributed by atoms with Gasteiger partial charge in [0, 0.05) is 33.2 Å². The van der Waals surface area contributed by atoms with Crippen LogP contribution in [0.15, 0.2) is 18.2 Å². The molecule has 126 valence electrons. The van der Waals surface area contributed by atoms with Crippen molar-refractivity contribution in [3.8, 4) is 6.07 Å². The lowest BCUT2D eigenvalue weighted by Gasteiger charge is -2.35. The topological polar surface area (TPSA) is 80.5 Å². The number of carbonyl (C=O) groups is 2. The van der Waals surface area contributed by atoms with E-state index >= 15 is 0 Å². The molecule has 0 N–H and O–H groups in total. The summed E-state index contributed by atoms with van der Waals surface area (Å²) in [6, 6.07) is 7.40. The van der Waals surface area contributed by atoms with Crippen molar-refractivity contribution in [1.82, 2.24) is 14.8 Å². The molecule has 24 heavy (non-hydrogen) atoms. The first-order valence-corrected chi connectivity index (χ1v) is 8.12. The second kappa shape index (κ2) is 6.48. The molecule has 2 bridgehead atoms. The van der Waals surface area contributed by atoms with Crippen LogP contribution in [0.3, 0.4) is 0 Å². The fraction of sp³-hybridized carbons (Fsp3) is 0.529. The van der Waals surface area contributed by atoms with E-state index in [1.807, 2.05) is 12.1 Å². The quantitative estimate of drug-likeness (QED) is 0.806. The number of aromatic nitrogens is 1. The van der Waals surface area contributed by atoms with Gasteiger partial charge in [-0.1, -0.05) is 6.07 Å². The molecule has 1 aromatic rings. The van der Waals surface area contributed by atoms with Crippen LogP contribution in [0.2, 0.25) is 0 Å². The van der Waals surface area contributed by atoms with E-state index in [-0.39, 0.29) is 30.3 Å². The van der Waals surface area contributed by atoms with E-state index in [1.165, 1.54) is 4.90 Å². The normalized spacial score (nSPS) is 23.0.